The van der Waals surface area contributed by atoms with E-state index in [-0.39, 0.29) is 5.43 Å². The maximum atomic E-state index is 12.3. The van der Waals surface area contributed by atoms with Crippen LogP contribution in [0.5, 0.6) is 0 Å². The SMILES string of the molecule is [CH2]Cc1cn(Cc2ccccc2Br)c2cccnc2c1=O. The molecule has 0 unspecified atom stereocenters. The van der Waals surface area contributed by atoms with Gasteiger partial charge in [0.15, 0.2) is 0 Å². The Morgan fingerprint density at radius 1 is 1.14 bits per heavy atom. The van der Waals surface area contributed by atoms with Crippen LogP contribution in [0.4, 0.5) is 0 Å². The normalized spacial score (nSPS) is 11.0. The summed E-state index contributed by atoms with van der Waals surface area (Å²) < 4.78 is 3.11. The van der Waals surface area contributed by atoms with Gasteiger partial charge in [0.2, 0.25) is 5.43 Å². The molecule has 2 aromatic heterocycles. The van der Waals surface area contributed by atoms with Crippen molar-refractivity contribution in [3.8, 4) is 0 Å². The molecule has 0 aliphatic rings. The molecule has 3 nitrogen and oxygen atoms in total. The van der Waals surface area contributed by atoms with Crippen molar-refractivity contribution < 1.29 is 0 Å². The van der Waals surface area contributed by atoms with Gasteiger partial charge in [0.25, 0.3) is 0 Å². The number of halogens is 1. The average Bonchev–Trinajstić information content (AvgIpc) is 2.52. The molecule has 0 aliphatic heterocycles. The average molecular weight is 342 g/mol. The lowest BCUT2D eigenvalue weighted by Gasteiger charge is -2.13. The summed E-state index contributed by atoms with van der Waals surface area (Å²) in [6, 6.07) is 11.8. The molecule has 0 N–H and O–H groups in total. The third-order valence-electron chi connectivity index (χ3n) is 3.48. The quantitative estimate of drug-likeness (QED) is 0.729. The van der Waals surface area contributed by atoms with Crippen molar-refractivity contribution >= 4 is 27.0 Å². The van der Waals surface area contributed by atoms with Gasteiger partial charge in [-0.2, -0.15) is 0 Å². The first kappa shape index (κ1) is 14.0. The van der Waals surface area contributed by atoms with E-state index < -0.39 is 0 Å². The summed E-state index contributed by atoms with van der Waals surface area (Å²) in [5, 5.41) is 0. The Labute approximate surface area is 131 Å². The molecule has 105 valence electrons. The number of aromatic nitrogens is 2. The van der Waals surface area contributed by atoms with Gasteiger partial charge in [-0.25, -0.2) is 0 Å². The van der Waals surface area contributed by atoms with E-state index in [0.717, 1.165) is 15.6 Å². The zero-order chi connectivity index (χ0) is 14.8. The summed E-state index contributed by atoms with van der Waals surface area (Å²) >= 11 is 3.56. The maximum Gasteiger partial charge on any atom is 0.210 e. The summed E-state index contributed by atoms with van der Waals surface area (Å²) in [6.07, 6.45) is 4.00. The fourth-order valence-corrected chi connectivity index (χ4v) is 2.80. The molecule has 21 heavy (non-hydrogen) atoms. The molecule has 0 saturated carbocycles. The molecule has 0 fully saturated rings. The fraction of sp³-hybridized carbons (Fsp3) is 0.118. The lowest BCUT2D eigenvalue weighted by molar-refractivity contribution is 0.811. The van der Waals surface area contributed by atoms with Gasteiger partial charge in [0.1, 0.15) is 5.52 Å². The Bertz CT molecular complexity index is 855. The van der Waals surface area contributed by atoms with Crippen LogP contribution in [0, 0.1) is 6.92 Å². The number of benzene rings is 1. The molecule has 1 radical (unpaired) electrons. The van der Waals surface area contributed by atoms with Crippen molar-refractivity contribution in [2.45, 2.75) is 13.0 Å². The minimum Gasteiger partial charge on any atom is -0.341 e. The number of hydrogen-bond donors (Lipinski definition) is 0. The number of rotatable bonds is 3. The van der Waals surface area contributed by atoms with Crippen LogP contribution >= 0.6 is 15.9 Å². The van der Waals surface area contributed by atoms with E-state index in [1.807, 2.05) is 36.5 Å². The van der Waals surface area contributed by atoms with Gasteiger partial charge in [-0.1, -0.05) is 34.1 Å². The minimum absolute atomic E-state index is 0.0241. The van der Waals surface area contributed by atoms with Crippen molar-refractivity contribution in [1.82, 2.24) is 9.55 Å². The molecule has 0 amide bonds. The summed E-state index contributed by atoms with van der Waals surface area (Å²) in [6.45, 7) is 4.52. The van der Waals surface area contributed by atoms with Crippen molar-refractivity contribution in [2.75, 3.05) is 0 Å². The van der Waals surface area contributed by atoms with Gasteiger partial charge in [-0.15, -0.1) is 0 Å². The summed E-state index contributed by atoms with van der Waals surface area (Å²) in [5.74, 6) is 0. The standard InChI is InChI=1S/C17H14BrN2O/c1-2-12-10-20(11-13-6-3-4-7-14(13)18)15-8-5-9-19-16(15)17(12)21/h3-10H,1-2,11H2. The Balaban J connectivity index is 2.21. The van der Waals surface area contributed by atoms with Crippen LogP contribution in [0.15, 0.2) is 58.1 Å². The van der Waals surface area contributed by atoms with Gasteiger partial charge in [0, 0.05) is 29.0 Å². The molecule has 3 rings (SSSR count). The molecule has 3 aromatic rings. The predicted molar refractivity (Wildman–Crippen MR) is 88.3 cm³/mol. The third kappa shape index (κ3) is 2.63. The van der Waals surface area contributed by atoms with E-state index in [1.165, 1.54) is 0 Å². The molecule has 0 bridgehead atoms. The number of fused-ring (bicyclic) bond motifs is 1. The zero-order valence-electron chi connectivity index (χ0n) is 11.4. The topological polar surface area (TPSA) is 34.9 Å². The van der Waals surface area contributed by atoms with Gasteiger partial charge in [-0.05, 0) is 37.1 Å². The van der Waals surface area contributed by atoms with Crippen LogP contribution in [0.2, 0.25) is 0 Å². The Hall–Kier alpha value is -1.94. The fourth-order valence-electron chi connectivity index (χ4n) is 2.39. The highest BCUT2D eigenvalue weighted by Gasteiger charge is 2.09. The highest BCUT2D eigenvalue weighted by Crippen LogP contribution is 2.19. The highest BCUT2D eigenvalue weighted by molar-refractivity contribution is 9.10. The van der Waals surface area contributed by atoms with E-state index in [1.54, 1.807) is 6.20 Å². The Morgan fingerprint density at radius 2 is 1.95 bits per heavy atom. The first-order chi connectivity index (χ1) is 10.2. The van der Waals surface area contributed by atoms with E-state index in [4.69, 9.17) is 0 Å². The van der Waals surface area contributed by atoms with Crippen LogP contribution in [-0.2, 0) is 13.0 Å². The first-order valence-corrected chi connectivity index (χ1v) is 7.49. The van der Waals surface area contributed by atoms with Crippen molar-refractivity contribution in [3.63, 3.8) is 0 Å². The lowest BCUT2D eigenvalue weighted by atomic mass is 10.1. The van der Waals surface area contributed by atoms with E-state index in [9.17, 15) is 4.79 Å². The number of hydrogen-bond acceptors (Lipinski definition) is 2. The molecule has 0 saturated heterocycles. The second kappa shape index (κ2) is 5.82. The molecule has 0 spiro atoms. The number of pyridine rings is 2. The van der Waals surface area contributed by atoms with Crippen LogP contribution in [0.1, 0.15) is 11.1 Å². The smallest absolute Gasteiger partial charge is 0.210 e. The van der Waals surface area contributed by atoms with Crippen LogP contribution in [-0.4, -0.2) is 9.55 Å². The van der Waals surface area contributed by atoms with Gasteiger partial charge in [-0.3, -0.25) is 9.78 Å². The van der Waals surface area contributed by atoms with E-state index in [0.29, 0.717) is 24.0 Å². The first-order valence-electron chi connectivity index (χ1n) is 6.70. The summed E-state index contributed by atoms with van der Waals surface area (Å²) in [4.78, 5) is 16.5. The molecule has 0 atom stereocenters. The van der Waals surface area contributed by atoms with Crippen LogP contribution in [0.3, 0.4) is 0 Å². The monoisotopic (exact) mass is 341 g/mol. The Morgan fingerprint density at radius 3 is 2.71 bits per heavy atom. The van der Waals surface area contributed by atoms with E-state index in [2.05, 4.69) is 38.5 Å². The van der Waals surface area contributed by atoms with E-state index >= 15 is 0 Å². The van der Waals surface area contributed by atoms with Crippen molar-refractivity contribution in [2.24, 2.45) is 0 Å². The molecular weight excluding hydrogens is 328 g/mol. The van der Waals surface area contributed by atoms with Crippen molar-refractivity contribution in [3.05, 3.63) is 81.5 Å². The molecule has 2 heterocycles. The Kier molecular flexibility index (Phi) is 3.88. The highest BCUT2D eigenvalue weighted by atomic mass is 79.9. The summed E-state index contributed by atoms with van der Waals surface area (Å²) in [7, 11) is 0. The largest absolute Gasteiger partial charge is 0.341 e. The summed E-state index contributed by atoms with van der Waals surface area (Å²) in [5.41, 5.74) is 3.17. The lowest BCUT2D eigenvalue weighted by Crippen LogP contribution is -2.16. The van der Waals surface area contributed by atoms with Crippen molar-refractivity contribution in [1.29, 1.82) is 0 Å². The molecule has 0 aliphatic carbocycles. The second-order valence-electron chi connectivity index (χ2n) is 4.82. The number of nitrogens with zero attached hydrogens (tertiary/aromatic N) is 2. The maximum absolute atomic E-state index is 12.3. The van der Waals surface area contributed by atoms with Gasteiger partial charge >= 0.3 is 0 Å². The third-order valence-corrected chi connectivity index (χ3v) is 4.26. The second-order valence-corrected chi connectivity index (χ2v) is 5.68. The molecule has 1 aromatic carbocycles. The predicted octanol–water partition coefficient (Wildman–Crippen LogP) is 3.58. The van der Waals surface area contributed by atoms with Crippen LogP contribution in [0.25, 0.3) is 11.0 Å². The molecule has 4 heteroatoms. The zero-order valence-corrected chi connectivity index (χ0v) is 13.0. The van der Waals surface area contributed by atoms with Crippen LogP contribution < -0.4 is 5.43 Å². The van der Waals surface area contributed by atoms with Gasteiger partial charge < -0.3 is 4.57 Å². The molecular formula is C17H14BrN2O. The van der Waals surface area contributed by atoms with Gasteiger partial charge in [0.05, 0.1) is 5.52 Å². The minimum atomic E-state index is -0.0241.